The average molecular weight is 196 g/mol. The molecule has 0 aliphatic carbocycles. The van der Waals surface area contributed by atoms with Crippen LogP contribution in [0.2, 0.25) is 0 Å². The van der Waals surface area contributed by atoms with Crippen molar-refractivity contribution < 1.29 is 4.21 Å². The summed E-state index contributed by atoms with van der Waals surface area (Å²) in [7, 11) is -0.792. The summed E-state index contributed by atoms with van der Waals surface area (Å²) in [5.41, 5.74) is 1.22. The molecular formula is C11H16OS. The lowest BCUT2D eigenvalue weighted by atomic mass is 10.2. The number of hydrogen-bond acceptors (Lipinski definition) is 1. The Labute approximate surface area is 82.6 Å². The highest BCUT2D eigenvalue weighted by Crippen LogP contribution is 2.09. The highest BCUT2D eigenvalue weighted by molar-refractivity contribution is 7.85. The maximum Gasteiger partial charge on any atom is 0.0529 e. The summed E-state index contributed by atoms with van der Waals surface area (Å²) < 4.78 is 11.6. The van der Waals surface area contributed by atoms with E-state index in [1.54, 1.807) is 0 Å². The van der Waals surface area contributed by atoms with Crippen molar-refractivity contribution in [3.63, 3.8) is 0 Å². The Kier molecular flexibility index (Phi) is 4.16. The maximum atomic E-state index is 11.6. The Hall–Kier alpha value is -0.630. The molecule has 0 bridgehead atoms. The van der Waals surface area contributed by atoms with Crippen LogP contribution in [0.3, 0.4) is 0 Å². The van der Waals surface area contributed by atoms with Gasteiger partial charge in [0.05, 0.1) is 10.8 Å². The second kappa shape index (κ2) is 5.18. The zero-order chi connectivity index (χ0) is 9.68. The third kappa shape index (κ3) is 3.31. The van der Waals surface area contributed by atoms with Crippen LogP contribution in [0.15, 0.2) is 29.2 Å². The lowest BCUT2D eigenvalue weighted by molar-refractivity contribution is 0.679. The quantitative estimate of drug-likeness (QED) is 0.723. The molecule has 0 aliphatic heterocycles. The van der Waals surface area contributed by atoms with E-state index in [0.717, 1.165) is 23.5 Å². The van der Waals surface area contributed by atoms with Gasteiger partial charge in [0.2, 0.25) is 0 Å². The lowest BCUT2D eigenvalue weighted by Crippen LogP contribution is -1.97. The van der Waals surface area contributed by atoms with Crippen LogP contribution < -0.4 is 0 Å². The van der Waals surface area contributed by atoms with E-state index in [-0.39, 0.29) is 0 Å². The van der Waals surface area contributed by atoms with Gasteiger partial charge in [-0.15, -0.1) is 0 Å². The number of benzene rings is 1. The van der Waals surface area contributed by atoms with E-state index >= 15 is 0 Å². The Morgan fingerprint density at radius 3 is 2.38 bits per heavy atom. The van der Waals surface area contributed by atoms with E-state index in [2.05, 4.69) is 6.92 Å². The van der Waals surface area contributed by atoms with Gasteiger partial charge in [-0.1, -0.05) is 31.0 Å². The standard InChI is InChI=1S/C11H16OS/c1-3-4-9-13(12)11-7-5-10(2)6-8-11/h5-8H,3-4,9H2,1-2H3/t13-/m1/s1. The molecular weight excluding hydrogens is 180 g/mol. The normalized spacial score (nSPS) is 12.8. The van der Waals surface area contributed by atoms with Crippen molar-refractivity contribution in [2.45, 2.75) is 31.6 Å². The van der Waals surface area contributed by atoms with Gasteiger partial charge < -0.3 is 0 Å². The molecule has 0 saturated carbocycles. The summed E-state index contributed by atoms with van der Waals surface area (Å²) >= 11 is 0. The van der Waals surface area contributed by atoms with E-state index < -0.39 is 10.8 Å². The minimum Gasteiger partial charge on any atom is -0.254 e. The smallest absolute Gasteiger partial charge is 0.0529 e. The first kappa shape index (κ1) is 10.5. The Bertz CT molecular complexity index is 277. The number of rotatable bonds is 4. The topological polar surface area (TPSA) is 17.1 Å². The Balaban J connectivity index is 2.61. The van der Waals surface area contributed by atoms with Crippen LogP contribution in [0, 0.1) is 6.92 Å². The van der Waals surface area contributed by atoms with Gasteiger partial charge in [0, 0.05) is 10.6 Å². The maximum absolute atomic E-state index is 11.6. The first-order valence-electron chi connectivity index (χ1n) is 4.69. The zero-order valence-corrected chi connectivity index (χ0v) is 9.06. The summed E-state index contributed by atoms with van der Waals surface area (Å²) in [5, 5.41) is 0. The van der Waals surface area contributed by atoms with Crippen molar-refractivity contribution in [1.82, 2.24) is 0 Å². The highest BCUT2D eigenvalue weighted by atomic mass is 32.2. The van der Waals surface area contributed by atoms with Crippen molar-refractivity contribution in [2.24, 2.45) is 0 Å². The minimum absolute atomic E-state index is 0.791. The van der Waals surface area contributed by atoms with Gasteiger partial charge >= 0.3 is 0 Å². The largest absolute Gasteiger partial charge is 0.254 e. The molecule has 0 spiro atoms. The molecule has 0 heterocycles. The van der Waals surface area contributed by atoms with E-state index in [4.69, 9.17) is 0 Å². The predicted octanol–water partition coefficient (Wildman–Crippen LogP) is 2.90. The molecule has 1 rings (SSSR count). The molecule has 1 atom stereocenters. The van der Waals surface area contributed by atoms with Crippen LogP contribution in [0.25, 0.3) is 0 Å². The summed E-state index contributed by atoms with van der Waals surface area (Å²) in [6, 6.07) is 7.95. The molecule has 0 saturated heterocycles. The zero-order valence-electron chi connectivity index (χ0n) is 8.25. The monoisotopic (exact) mass is 196 g/mol. The van der Waals surface area contributed by atoms with Gasteiger partial charge in [-0.05, 0) is 25.5 Å². The van der Waals surface area contributed by atoms with E-state index in [1.165, 1.54) is 5.56 Å². The molecule has 1 aromatic carbocycles. The molecule has 0 aromatic heterocycles. The Morgan fingerprint density at radius 2 is 1.85 bits per heavy atom. The predicted molar refractivity (Wildman–Crippen MR) is 57.4 cm³/mol. The van der Waals surface area contributed by atoms with Crippen molar-refractivity contribution in [1.29, 1.82) is 0 Å². The van der Waals surface area contributed by atoms with Gasteiger partial charge in [0.1, 0.15) is 0 Å². The van der Waals surface area contributed by atoms with Crippen LogP contribution in [-0.4, -0.2) is 9.96 Å². The molecule has 72 valence electrons. The second-order valence-corrected chi connectivity index (χ2v) is 4.79. The van der Waals surface area contributed by atoms with Crippen molar-refractivity contribution in [3.05, 3.63) is 29.8 Å². The molecule has 1 nitrogen and oxygen atoms in total. The van der Waals surface area contributed by atoms with Gasteiger partial charge in [0.15, 0.2) is 0 Å². The fraction of sp³-hybridized carbons (Fsp3) is 0.455. The highest BCUT2D eigenvalue weighted by Gasteiger charge is 2.01. The first-order chi connectivity index (χ1) is 6.24. The second-order valence-electron chi connectivity index (χ2n) is 3.22. The van der Waals surface area contributed by atoms with Gasteiger partial charge in [-0.3, -0.25) is 4.21 Å². The summed E-state index contributed by atoms with van der Waals surface area (Å²) in [4.78, 5) is 0.957. The van der Waals surface area contributed by atoms with E-state index in [9.17, 15) is 4.21 Å². The SMILES string of the molecule is CCCC[S@@](=O)c1ccc(C)cc1. The Morgan fingerprint density at radius 1 is 1.23 bits per heavy atom. The van der Waals surface area contributed by atoms with E-state index in [0.29, 0.717) is 0 Å². The summed E-state index contributed by atoms with van der Waals surface area (Å²) in [6.45, 7) is 4.16. The van der Waals surface area contributed by atoms with Crippen LogP contribution >= 0.6 is 0 Å². The molecule has 0 radical (unpaired) electrons. The average Bonchev–Trinajstić information content (AvgIpc) is 2.15. The van der Waals surface area contributed by atoms with Crippen LogP contribution in [0.5, 0.6) is 0 Å². The molecule has 1 aromatic rings. The molecule has 0 aliphatic rings. The summed E-state index contributed by atoms with van der Waals surface area (Å²) in [6.07, 6.45) is 2.15. The van der Waals surface area contributed by atoms with Gasteiger partial charge in [-0.25, -0.2) is 0 Å². The molecule has 2 heteroatoms. The van der Waals surface area contributed by atoms with Gasteiger partial charge in [-0.2, -0.15) is 0 Å². The van der Waals surface area contributed by atoms with Crippen LogP contribution in [0.4, 0.5) is 0 Å². The summed E-state index contributed by atoms with van der Waals surface area (Å²) in [5.74, 6) is 0.791. The fourth-order valence-electron chi connectivity index (χ4n) is 1.08. The molecule has 0 fully saturated rings. The van der Waals surface area contributed by atoms with Crippen LogP contribution in [0.1, 0.15) is 25.3 Å². The number of hydrogen-bond donors (Lipinski definition) is 0. The molecule has 0 unspecified atom stereocenters. The fourth-order valence-corrected chi connectivity index (χ4v) is 2.31. The molecule has 0 N–H and O–H groups in total. The minimum atomic E-state index is -0.792. The molecule has 0 amide bonds. The third-order valence-electron chi connectivity index (χ3n) is 1.97. The molecule has 13 heavy (non-hydrogen) atoms. The lowest BCUT2D eigenvalue weighted by Gasteiger charge is -2.01. The van der Waals surface area contributed by atoms with Crippen molar-refractivity contribution in [2.75, 3.05) is 5.75 Å². The number of aryl methyl sites for hydroxylation is 1. The number of unbranched alkanes of at least 4 members (excludes halogenated alkanes) is 1. The van der Waals surface area contributed by atoms with Crippen molar-refractivity contribution >= 4 is 10.8 Å². The first-order valence-corrected chi connectivity index (χ1v) is 6.01. The van der Waals surface area contributed by atoms with Crippen molar-refractivity contribution in [3.8, 4) is 0 Å². The van der Waals surface area contributed by atoms with Crippen LogP contribution in [-0.2, 0) is 10.8 Å². The third-order valence-corrected chi connectivity index (χ3v) is 3.42. The van der Waals surface area contributed by atoms with Gasteiger partial charge in [0.25, 0.3) is 0 Å². The van der Waals surface area contributed by atoms with E-state index in [1.807, 2.05) is 31.2 Å².